The lowest BCUT2D eigenvalue weighted by molar-refractivity contribution is 0.151. The second kappa shape index (κ2) is 4.60. The summed E-state index contributed by atoms with van der Waals surface area (Å²) in [5.41, 5.74) is 0.300. The predicted octanol–water partition coefficient (Wildman–Crippen LogP) is 0.687. The summed E-state index contributed by atoms with van der Waals surface area (Å²) in [6, 6.07) is 0.794. The van der Waals surface area contributed by atoms with Gasteiger partial charge in [0.2, 0.25) is 0 Å². The molecule has 14 heavy (non-hydrogen) atoms. The fraction of sp³-hybridized carbons (Fsp3) is 1.00. The van der Waals surface area contributed by atoms with Crippen LogP contribution in [0.1, 0.15) is 27.7 Å². The van der Waals surface area contributed by atoms with Crippen LogP contribution < -0.4 is 5.32 Å². The first-order valence-electron chi connectivity index (χ1n) is 5.53. The van der Waals surface area contributed by atoms with Gasteiger partial charge in [-0.25, -0.2) is 0 Å². The monoisotopic (exact) mass is 200 g/mol. The van der Waals surface area contributed by atoms with Gasteiger partial charge in [-0.05, 0) is 19.3 Å². The van der Waals surface area contributed by atoms with Crippen LogP contribution in [0.4, 0.5) is 0 Å². The minimum Gasteiger partial charge on any atom is -0.395 e. The van der Waals surface area contributed by atoms with E-state index < -0.39 is 0 Å². The predicted molar refractivity (Wildman–Crippen MR) is 59.4 cm³/mol. The molecule has 1 unspecified atom stereocenters. The summed E-state index contributed by atoms with van der Waals surface area (Å²) < 4.78 is 0. The summed E-state index contributed by atoms with van der Waals surface area (Å²) in [6.45, 7) is 12.3. The van der Waals surface area contributed by atoms with Crippen LogP contribution in [0.5, 0.6) is 0 Å². The van der Waals surface area contributed by atoms with Crippen molar-refractivity contribution in [3.8, 4) is 0 Å². The zero-order chi connectivity index (χ0) is 10.8. The Morgan fingerprint density at radius 3 is 2.64 bits per heavy atom. The molecule has 0 amide bonds. The zero-order valence-electron chi connectivity index (χ0n) is 9.88. The molecule has 1 rings (SSSR count). The van der Waals surface area contributed by atoms with Gasteiger partial charge < -0.3 is 10.4 Å². The minimum absolute atomic E-state index is 0.235. The first kappa shape index (κ1) is 12.0. The number of aliphatic hydroxyl groups excluding tert-OH is 1. The molecule has 1 fully saturated rings. The van der Waals surface area contributed by atoms with E-state index in [1.807, 2.05) is 0 Å². The fourth-order valence-corrected chi connectivity index (χ4v) is 1.95. The summed E-state index contributed by atoms with van der Waals surface area (Å²) in [6.07, 6.45) is 0. The molecule has 0 saturated carbocycles. The Bertz CT molecular complexity index is 180. The van der Waals surface area contributed by atoms with Gasteiger partial charge in [-0.1, -0.05) is 13.8 Å². The summed E-state index contributed by atoms with van der Waals surface area (Å²) in [4.78, 5) is 2.45. The molecule has 1 saturated heterocycles. The van der Waals surface area contributed by atoms with Gasteiger partial charge in [-0.3, -0.25) is 4.90 Å². The van der Waals surface area contributed by atoms with E-state index in [-0.39, 0.29) is 12.6 Å². The number of nitrogens with zero attached hydrogens (tertiary/aromatic N) is 1. The minimum atomic E-state index is 0.235. The maximum absolute atomic E-state index is 9.20. The topological polar surface area (TPSA) is 35.5 Å². The van der Waals surface area contributed by atoms with Crippen molar-refractivity contribution in [2.75, 3.05) is 26.2 Å². The van der Waals surface area contributed by atoms with E-state index in [4.69, 9.17) is 0 Å². The normalized spacial score (nSPS) is 29.1. The molecular weight excluding hydrogens is 176 g/mol. The van der Waals surface area contributed by atoms with E-state index in [0.29, 0.717) is 11.5 Å². The van der Waals surface area contributed by atoms with E-state index >= 15 is 0 Å². The quantitative estimate of drug-likeness (QED) is 0.688. The SMILES string of the molecule is CC(C)N1CC(CO)NCC(C)(C)C1. The van der Waals surface area contributed by atoms with E-state index in [2.05, 4.69) is 37.9 Å². The summed E-state index contributed by atoms with van der Waals surface area (Å²) in [7, 11) is 0. The van der Waals surface area contributed by atoms with E-state index in [0.717, 1.165) is 19.6 Å². The molecule has 2 N–H and O–H groups in total. The molecule has 1 heterocycles. The van der Waals surface area contributed by atoms with Gasteiger partial charge in [-0.15, -0.1) is 0 Å². The van der Waals surface area contributed by atoms with E-state index in [9.17, 15) is 5.11 Å². The van der Waals surface area contributed by atoms with Crippen LogP contribution in [0, 0.1) is 5.41 Å². The van der Waals surface area contributed by atoms with Gasteiger partial charge in [0.1, 0.15) is 0 Å². The Labute approximate surface area is 87.5 Å². The maximum Gasteiger partial charge on any atom is 0.0597 e. The van der Waals surface area contributed by atoms with Gasteiger partial charge in [0.05, 0.1) is 6.61 Å². The van der Waals surface area contributed by atoms with Gasteiger partial charge >= 0.3 is 0 Å². The number of aliphatic hydroxyl groups is 1. The number of hydrogen-bond acceptors (Lipinski definition) is 3. The number of rotatable bonds is 2. The van der Waals surface area contributed by atoms with Crippen molar-refractivity contribution in [3.63, 3.8) is 0 Å². The Morgan fingerprint density at radius 2 is 2.14 bits per heavy atom. The molecule has 0 bridgehead atoms. The van der Waals surface area contributed by atoms with Gasteiger partial charge in [0.25, 0.3) is 0 Å². The van der Waals surface area contributed by atoms with Crippen LogP contribution in [0.25, 0.3) is 0 Å². The van der Waals surface area contributed by atoms with Crippen LogP contribution in [0.3, 0.4) is 0 Å². The van der Waals surface area contributed by atoms with Crippen LogP contribution in [-0.4, -0.2) is 48.3 Å². The molecule has 84 valence electrons. The largest absolute Gasteiger partial charge is 0.395 e. The Kier molecular flexibility index (Phi) is 3.93. The lowest BCUT2D eigenvalue weighted by atomic mass is 9.93. The Hall–Kier alpha value is -0.120. The highest BCUT2D eigenvalue weighted by molar-refractivity contribution is 4.86. The van der Waals surface area contributed by atoms with Crippen molar-refractivity contribution in [2.45, 2.75) is 39.8 Å². The molecule has 3 nitrogen and oxygen atoms in total. The zero-order valence-corrected chi connectivity index (χ0v) is 9.88. The molecule has 1 aliphatic rings. The van der Waals surface area contributed by atoms with Crippen molar-refractivity contribution >= 4 is 0 Å². The second-order valence-corrected chi connectivity index (χ2v) is 5.45. The number of hydrogen-bond donors (Lipinski definition) is 2. The molecular formula is C11H24N2O. The second-order valence-electron chi connectivity index (χ2n) is 5.45. The van der Waals surface area contributed by atoms with E-state index in [1.165, 1.54) is 0 Å². The molecule has 0 radical (unpaired) electrons. The van der Waals surface area contributed by atoms with Gasteiger partial charge in [0.15, 0.2) is 0 Å². The smallest absolute Gasteiger partial charge is 0.0597 e. The Balaban J connectivity index is 2.65. The van der Waals surface area contributed by atoms with Crippen LogP contribution in [0.2, 0.25) is 0 Å². The highest BCUT2D eigenvalue weighted by Gasteiger charge is 2.29. The highest BCUT2D eigenvalue weighted by atomic mass is 16.3. The van der Waals surface area contributed by atoms with Gasteiger partial charge in [0, 0.05) is 31.7 Å². The molecule has 1 atom stereocenters. The Morgan fingerprint density at radius 1 is 1.50 bits per heavy atom. The van der Waals surface area contributed by atoms with Gasteiger partial charge in [-0.2, -0.15) is 0 Å². The molecule has 3 heteroatoms. The lowest BCUT2D eigenvalue weighted by Crippen LogP contribution is -2.42. The summed E-state index contributed by atoms with van der Waals surface area (Å²) >= 11 is 0. The van der Waals surface area contributed by atoms with Crippen molar-refractivity contribution in [1.29, 1.82) is 0 Å². The van der Waals surface area contributed by atoms with Crippen molar-refractivity contribution in [3.05, 3.63) is 0 Å². The first-order valence-corrected chi connectivity index (χ1v) is 5.53. The molecule has 0 aliphatic carbocycles. The molecule has 0 aromatic heterocycles. The first-order chi connectivity index (χ1) is 6.44. The third kappa shape index (κ3) is 3.23. The van der Waals surface area contributed by atoms with Crippen molar-refractivity contribution in [2.24, 2.45) is 5.41 Å². The fourth-order valence-electron chi connectivity index (χ4n) is 1.95. The molecule has 1 aliphatic heterocycles. The van der Waals surface area contributed by atoms with Crippen LogP contribution in [-0.2, 0) is 0 Å². The van der Waals surface area contributed by atoms with Crippen molar-refractivity contribution in [1.82, 2.24) is 10.2 Å². The van der Waals surface area contributed by atoms with Crippen LogP contribution >= 0.6 is 0 Å². The standard InChI is InChI=1S/C11H24N2O/c1-9(2)13-5-10(6-14)12-7-11(3,4)8-13/h9-10,12,14H,5-8H2,1-4H3. The highest BCUT2D eigenvalue weighted by Crippen LogP contribution is 2.20. The maximum atomic E-state index is 9.20. The number of nitrogens with one attached hydrogen (secondary N) is 1. The average molecular weight is 200 g/mol. The lowest BCUT2D eigenvalue weighted by Gasteiger charge is -2.32. The molecule has 0 aromatic rings. The third-order valence-electron chi connectivity index (χ3n) is 2.91. The average Bonchev–Trinajstić information content (AvgIpc) is 2.23. The van der Waals surface area contributed by atoms with Crippen LogP contribution in [0.15, 0.2) is 0 Å². The molecule has 0 aromatic carbocycles. The third-order valence-corrected chi connectivity index (χ3v) is 2.91. The molecule has 0 spiro atoms. The van der Waals surface area contributed by atoms with E-state index in [1.54, 1.807) is 0 Å². The summed E-state index contributed by atoms with van der Waals surface area (Å²) in [5, 5.41) is 12.6. The van der Waals surface area contributed by atoms with Crippen molar-refractivity contribution < 1.29 is 5.11 Å². The summed E-state index contributed by atoms with van der Waals surface area (Å²) in [5.74, 6) is 0.